The van der Waals surface area contributed by atoms with Gasteiger partial charge in [0.05, 0.1) is 6.54 Å². The quantitative estimate of drug-likeness (QED) is 0.698. The van der Waals surface area contributed by atoms with Crippen molar-refractivity contribution in [1.82, 2.24) is 9.88 Å². The van der Waals surface area contributed by atoms with E-state index >= 15 is 0 Å². The Labute approximate surface area is 162 Å². The van der Waals surface area contributed by atoms with Gasteiger partial charge in [0.25, 0.3) is 5.91 Å². The van der Waals surface area contributed by atoms with Crippen LogP contribution in [0.4, 0.5) is 0 Å². The van der Waals surface area contributed by atoms with Crippen molar-refractivity contribution < 1.29 is 18.7 Å². The Kier molecular flexibility index (Phi) is 4.24. The minimum atomic E-state index is -0.0298. The van der Waals surface area contributed by atoms with Crippen molar-refractivity contribution in [3.8, 4) is 11.5 Å². The Balaban J connectivity index is 1.27. The van der Waals surface area contributed by atoms with Crippen LogP contribution in [-0.4, -0.2) is 29.1 Å². The van der Waals surface area contributed by atoms with Crippen molar-refractivity contribution in [3.05, 3.63) is 77.0 Å². The van der Waals surface area contributed by atoms with Gasteiger partial charge >= 0.3 is 0 Å². The largest absolute Gasteiger partial charge is 0.454 e. The molecule has 3 heterocycles. The van der Waals surface area contributed by atoms with Crippen LogP contribution in [0.3, 0.4) is 0 Å². The highest BCUT2D eigenvalue weighted by atomic mass is 16.7. The molecule has 0 fully saturated rings. The second-order valence-corrected chi connectivity index (χ2v) is 7.01. The molecule has 0 spiro atoms. The molecule has 0 saturated carbocycles. The number of fused-ring (bicyclic) bond motifs is 2. The van der Waals surface area contributed by atoms with Gasteiger partial charge in [-0.25, -0.2) is 4.98 Å². The Bertz CT molecular complexity index is 1010. The topological polar surface area (TPSA) is 64.8 Å². The highest BCUT2D eigenvalue weighted by Gasteiger charge is 2.27. The molecule has 0 radical (unpaired) electrons. The van der Waals surface area contributed by atoms with Crippen LogP contribution in [0.15, 0.2) is 52.9 Å². The van der Waals surface area contributed by atoms with Gasteiger partial charge < -0.3 is 18.8 Å². The Morgan fingerprint density at radius 1 is 1.04 bits per heavy atom. The van der Waals surface area contributed by atoms with E-state index in [-0.39, 0.29) is 12.7 Å². The first-order chi connectivity index (χ1) is 13.8. The molecular formula is C22H20N2O4. The van der Waals surface area contributed by atoms with Gasteiger partial charge in [0.1, 0.15) is 11.5 Å². The van der Waals surface area contributed by atoms with Crippen molar-refractivity contribution in [2.24, 2.45) is 0 Å². The van der Waals surface area contributed by atoms with Gasteiger partial charge in [0, 0.05) is 24.9 Å². The number of carbonyl (C=O) groups excluding carboxylic acids is 1. The molecule has 2 aromatic carbocycles. The molecule has 0 unspecified atom stereocenters. The monoisotopic (exact) mass is 376 g/mol. The third-order valence-electron chi connectivity index (χ3n) is 5.15. The minimum absolute atomic E-state index is 0.0298. The summed E-state index contributed by atoms with van der Waals surface area (Å²) in [5, 5.41) is 0. The number of amides is 1. The SMILES string of the molecule is O=C(c1ccc2c(c1)OCO2)N1CCc2oc(CCc3ccccc3)nc2C1. The summed E-state index contributed by atoms with van der Waals surface area (Å²) in [6.45, 7) is 1.29. The van der Waals surface area contributed by atoms with E-state index in [1.165, 1.54) is 5.56 Å². The number of nitrogens with zero attached hydrogens (tertiary/aromatic N) is 2. The van der Waals surface area contributed by atoms with Crippen LogP contribution in [0.25, 0.3) is 0 Å². The molecule has 6 nitrogen and oxygen atoms in total. The van der Waals surface area contributed by atoms with E-state index in [4.69, 9.17) is 13.9 Å². The lowest BCUT2D eigenvalue weighted by Crippen LogP contribution is -2.35. The number of carbonyl (C=O) groups is 1. The van der Waals surface area contributed by atoms with Crippen LogP contribution in [0.2, 0.25) is 0 Å². The summed E-state index contributed by atoms with van der Waals surface area (Å²) in [4.78, 5) is 19.4. The highest BCUT2D eigenvalue weighted by molar-refractivity contribution is 5.95. The fourth-order valence-corrected chi connectivity index (χ4v) is 3.64. The van der Waals surface area contributed by atoms with Crippen molar-refractivity contribution in [1.29, 1.82) is 0 Å². The van der Waals surface area contributed by atoms with Gasteiger partial charge in [-0.05, 0) is 30.2 Å². The molecule has 2 aliphatic rings. The molecule has 3 aromatic rings. The smallest absolute Gasteiger partial charge is 0.254 e. The Hall–Kier alpha value is -3.28. The summed E-state index contributed by atoms with van der Waals surface area (Å²) in [5.41, 5.74) is 2.72. The number of hydrogen-bond acceptors (Lipinski definition) is 5. The third-order valence-corrected chi connectivity index (χ3v) is 5.15. The molecule has 6 heteroatoms. The van der Waals surface area contributed by atoms with E-state index in [0.717, 1.165) is 30.2 Å². The van der Waals surface area contributed by atoms with E-state index in [9.17, 15) is 4.79 Å². The number of ether oxygens (including phenoxy) is 2. The van der Waals surface area contributed by atoms with Gasteiger partial charge in [-0.1, -0.05) is 30.3 Å². The zero-order chi connectivity index (χ0) is 18.9. The fourth-order valence-electron chi connectivity index (χ4n) is 3.64. The first kappa shape index (κ1) is 16.9. The molecule has 1 aromatic heterocycles. The first-order valence-corrected chi connectivity index (χ1v) is 9.46. The van der Waals surface area contributed by atoms with E-state index in [2.05, 4.69) is 17.1 Å². The molecule has 0 aliphatic carbocycles. The average molecular weight is 376 g/mol. The van der Waals surface area contributed by atoms with Gasteiger partial charge in [-0.15, -0.1) is 0 Å². The molecule has 1 amide bonds. The van der Waals surface area contributed by atoms with Crippen LogP contribution in [-0.2, 0) is 25.8 Å². The standard InChI is InChI=1S/C22H20N2O4/c25-22(16-7-8-19-20(12-16)27-14-26-19)24-11-10-18-17(13-24)23-21(28-18)9-6-15-4-2-1-3-5-15/h1-5,7-8,12H,6,9-11,13-14H2. The first-order valence-electron chi connectivity index (χ1n) is 9.46. The highest BCUT2D eigenvalue weighted by Crippen LogP contribution is 2.33. The summed E-state index contributed by atoms with van der Waals surface area (Å²) in [6.07, 6.45) is 2.33. The molecule has 0 atom stereocenters. The van der Waals surface area contributed by atoms with Crippen molar-refractivity contribution in [3.63, 3.8) is 0 Å². The molecule has 2 aliphatic heterocycles. The second kappa shape index (κ2) is 7.03. The van der Waals surface area contributed by atoms with Crippen LogP contribution in [0.1, 0.15) is 33.3 Å². The van der Waals surface area contributed by atoms with E-state index in [1.54, 1.807) is 18.2 Å². The van der Waals surface area contributed by atoms with Crippen LogP contribution >= 0.6 is 0 Å². The molecule has 0 bridgehead atoms. The van der Waals surface area contributed by atoms with Crippen molar-refractivity contribution >= 4 is 5.91 Å². The zero-order valence-corrected chi connectivity index (χ0v) is 15.4. The van der Waals surface area contributed by atoms with Crippen LogP contribution in [0.5, 0.6) is 11.5 Å². The number of benzene rings is 2. The van der Waals surface area contributed by atoms with E-state index in [0.29, 0.717) is 36.6 Å². The predicted octanol–water partition coefficient (Wildman–Crippen LogP) is 3.39. The van der Waals surface area contributed by atoms with Crippen LogP contribution in [0, 0.1) is 0 Å². The molecular weight excluding hydrogens is 356 g/mol. The number of hydrogen-bond donors (Lipinski definition) is 0. The van der Waals surface area contributed by atoms with E-state index < -0.39 is 0 Å². The summed E-state index contributed by atoms with van der Waals surface area (Å²) in [6, 6.07) is 15.6. The second-order valence-electron chi connectivity index (χ2n) is 7.01. The Morgan fingerprint density at radius 3 is 2.79 bits per heavy atom. The van der Waals surface area contributed by atoms with Gasteiger partial charge in [-0.3, -0.25) is 4.79 Å². The van der Waals surface area contributed by atoms with Crippen LogP contribution < -0.4 is 9.47 Å². The molecule has 0 N–H and O–H groups in total. The molecule has 0 saturated heterocycles. The molecule has 5 rings (SSSR count). The molecule has 142 valence electrons. The normalized spacial score (nSPS) is 14.8. The lowest BCUT2D eigenvalue weighted by atomic mass is 10.1. The summed E-state index contributed by atoms with van der Waals surface area (Å²) in [5.74, 6) is 2.91. The molecule has 28 heavy (non-hydrogen) atoms. The fraction of sp³-hybridized carbons (Fsp3) is 0.273. The van der Waals surface area contributed by atoms with Gasteiger partial charge in [0.15, 0.2) is 17.4 Å². The lowest BCUT2D eigenvalue weighted by Gasteiger charge is -2.25. The number of aryl methyl sites for hydroxylation is 2. The lowest BCUT2D eigenvalue weighted by molar-refractivity contribution is 0.0727. The number of aromatic nitrogens is 1. The zero-order valence-electron chi connectivity index (χ0n) is 15.4. The maximum atomic E-state index is 12.9. The predicted molar refractivity (Wildman–Crippen MR) is 101 cm³/mol. The average Bonchev–Trinajstić information content (AvgIpc) is 3.37. The van der Waals surface area contributed by atoms with Crippen molar-refractivity contribution in [2.45, 2.75) is 25.8 Å². The van der Waals surface area contributed by atoms with Gasteiger partial charge in [-0.2, -0.15) is 0 Å². The third kappa shape index (κ3) is 3.22. The maximum Gasteiger partial charge on any atom is 0.254 e. The number of oxazole rings is 1. The van der Waals surface area contributed by atoms with Gasteiger partial charge in [0.2, 0.25) is 6.79 Å². The number of rotatable bonds is 4. The minimum Gasteiger partial charge on any atom is -0.454 e. The summed E-state index contributed by atoms with van der Waals surface area (Å²) in [7, 11) is 0. The van der Waals surface area contributed by atoms with Crippen molar-refractivity contribution in [2.75, 3.05) is 13.3 Å². The summed E-state index contributed by atoms with van der Waals surface area (Å²) < 4.78 is 16.6. The van der Waals surface area contributed by atoms with E-state index in [1.807, 2.05) is 23.1 Å². The Morgan fingerprint density at radius 2 is 1.89 bits per heavy atom. The summed E-state index contributed by atoms with van der Waals surface area (Å²) >= 11 is 0. The maximum absolute atomic E-state index is 12.9.